The first-order chi connectivity index (χ1) is 17.3. The van der Waals surface area contributed by atoms with Gasteiger partial charge in [0.15, 0.2) is 5.82 Å². The molecule has 10 nitrogen and oxygen atoms in total. The van der Waals surface area contributed by atoms with Crippen LogP contribution in [-0.4, -0.2) is 32.4 Å². The van der Waals surface area contributed by atoms with E-state index in [0.29, 0.717) is 41.8 Å². The van der Waals surface area contributed by atoms with Gasteiger partial charge in [0.1, 0.15) is 0 Å². The third-order valence-electron chi connectivity index (χ3n) is 6.30. The minimum Gasteiger partial charge on any atom is -0.380 e. The van der Waals surface area contributed by atoms with Gasteiger partial charge in [-0.15, -0.1) is 0 Å². The third kappa shape index (κ3) is 3.98. The van der Waals surface area contributed by atoms with Crippen molar-refractivity contribution in [2.24, 2.45) is 12.8 Å². The number of carbonyl (C=O) groups is 2. The lowest BCUT2D eigenvalue weighted by Gasteiger charge is -2.07. The molecule has 0 spiro atoms. The molecular formula is C26H24N6O4. The topological polar surface area (TPSA) is 137 Å². The van der Waals surface area contributed by atoms with E-state index >= 15 is 0 Å². The average molecular weight is 485 g/mol. The van der Waals surface area contributed by atoms with Gasteiger partial charge >= 0.3 is 0 Å². The van der Waals surface area contributed by atoms with Crippen molar-refractivity contribution < 1.29 is 14.5 Å². The maximum absolute atomic E-state index is 13.1. The van der Waals surface area contributed by atoms with Crippen LogP contribution in [0.15, 0.2) is 72.9 Å². The van der Waals surface area contributed by atoms with Crippen LogP contribution in [0.3, 0.4) is 0 Å². The number of rotatable bonds is 8. The summed E-state index contributed by atoms with van der Waals surface area (Å²) in [4.78, 5) is 36.1. The minimum absolute atomic E-state index is 0.0101. The molecule has 182 valence electrons. The number of carbonyl (C=O) groups excluding carboxylic acids is 2. The Morgan fingerprint density at radius 2 is 1.58 bits per heavy atom. The maximum Gasteiger partial charge on any atom is 0.273 e. The number of para-hydroxylation sites is 2. The lowest BCUT2D eigenvalue weighted by atomic mass is 9.95. The molecule has 4 N–H and O–H groups in total. The highest BCUT2D eigenvalue weighted by Gasteiger charge is 2.35. The Kier molecular flexibility index (Phi) is 5.77. The molecule has 4 aromatic rings. The number of imide groups is 1. The monoisotopic (exact) mass is 484 g/mol. The number of aromatic nitrogens is 2. The summed E-state index contributed by atoms with van der Waals surface area (Å²) in [5, 5.41) is 17.6. The second-order valence-electron chi connectivity index (χ2n) is 8.61. The number of nitrogens with one attached hydrogen (secondary N) is 2. The Labute approximate surface area is 205 Å². The third-order valence-corrected chi connectivity index (χ3v) is 6.30. The van der Waals surface area contributed by atoms with Gasteiger partial charge in [-0.2, -0.15) is 0 Å². The van der Waals surface area contributed by atoms with E-state index in [-0.39, 0.29) is 5.82 Å². The van der Waals surface area contributed by atoms with Gasteiger partial charge in [0, 0.05) is 65.5 Å². The van der Waals surface area contributed by atoms with Crippen LogP contribution >= 0.6 is 0 Å². The van der Waals surface area contributed by atoms with E-state index < -0.39 is 16.7 Å². The average Bonchev–Trinajstić information content (AvgIpc) is 3.47. The van der Waals surface area contributed by atoms with Crippen molar-refractivity contribution in [1.29, 1.82) is 0 Å². The molecule has 5 rings (SSSR count). The second-order valence-corrected chi connectivity index (χ2v) is 8.61. The lowest BCUT2D eigenvalue weighted by molar-refractivity contribution is -0.403. The van der Waals surface area contributed by atoms with E-state index in [1.165, 1.54) is 0 Å². The fourth-order valence-corrected chi connectivity index (χ4v) is 4.78. The number of nitrogens with zero attached hydrogens (tertiary/aromatic N) is 3. The smallest absolute Gasteiger partial charge is 0.273 e. The maximum atomic E-state index is 13.1. The molecule has 0 unspecified atom stereocenters. The molecule has 1 aliphatic heterocycles. The van der Waals surface area contributed by atoms with E-state index in [0.717, 1.165) is 28.0 Å². The zero-order chi connectivity index (χ0) is 25.4. The Morgan fingerprint density at radius 1 is 1.00 bits per heavy atom. The molecule has 2 amide bonds. The van der Waals surface area contributed by atoms with Crippen LogP contribution in [0.25, 0.3) is 33.0 Å². The largest absolute Gasteiger partial charge is 0.380 e. The number of hydrogen-bond acceptors (Lipinski definition) is 6. The summed E-state index contributed by atoms with van der Waals surface area (Å²) in [6, 6.07) is 15.5. The Morgan fingerprint density at radius 3 is 2.25 bits per heavy atom. The summed E-state index contributed by atoms with van der Waals surface area (Å²) in [5.41, 5.74) is 9.57. The molecule has 0 saturated carbocycles. The number of aryl methyl sites for hydroxylation is 2. The summed E-state index contributed by atoms with van der Waals surface area (Å²) in [7, 11) is 1.91. The Bertz CT molecular complexity index is 1610. The predicted molar refractivity (Wildman–Crippen MR) is 137 cm³/mol. The molecule has 0 radical (unpaired) electrons. The van der Waals surface area contributed by atoms with Crippen LogP contribution in [0.2, 0.25) is 0 Å². The van der Waals surface area contributed by atoms with E-state index in [1.54, 1.807) is 0 Å². The first-order valence-corrected chi connectivity index (χ1v) is 11.4. The quantitative estimate of drug-likeness (QED) is 0.152. The second kappa shape index (κ2) is 9.06. The van der Waals surface area contributed by atoms with Crippen molar-refractivity contribution in [1.82, 2.24) is 19.8 Å². The van der Waals surface area contributed by atoms with Crippen LogP contribution in [0.1, 0.15) is 17.5 Å². The van der Waals surface area contributed by atoms with Crippen molar-refractivity contribution in [2.75, 3.05) is 6.54 Å². The Balaban J connectivity index is 1.56. The van der Waals surface area contributed by atoms with E-state index in [9.17, 15) is 19.7 Å². The van der Waals surface area contributed by atoms with Gasteiger partial charge in [0.05, 0.1) is 16.1 Å². The van der Waals surface area contributed by atoms with Gasteiger partial charge in [0.2, 0.25) is 0 Å². The molecular weight excluding hydrogens is 460 g/mol. The number of nitrogens with two attached hydrogens (primary N) is 1. The van der Waals surface area contributed by atoms with Gasteiger partial charge in [0.25, 0.3) is 18.0 Å². The van der Waals surface area contributed by atoms with Crippen LogP contribution in [0.4, 0.5) is 0 Å². The van der Waals surface area contributed by atoms with Crippen LogP contribution in [-0.2, 0) is 23.2 Å². The summed E-state index contributed by atoms with van der Waals surface area (Å²) < 4.78 is 3.96. The Hall–Kier alpha value is -4.86. The standard InChI is InChI=1S/C26H24N6O4/c1-30-13-18(16-7-2-4-9-20(16)30)23-24(26(34)29-25(23)33)19-14-31(21-10-5-3-8-17(19)21)12-6-11-28-22(27)15-32(35)36/h2-5,7-10,13-15,28H,6,11-12,27H2,1H3,(H,29,33,34)/b22-15+. The van der Waals surface area contributed by atoms with E-state index in [2.05, 4.69) is 10.6 Å². The minimum atomic E-state index is -0.608. The lowest BCUT2D eigenvalue weighted by Crippen LogP contribution is -2.23. The summed E-state index contributed by atoms with van der Waals surface area (Å²) in [6.07, 6.45) is 5.12. The van der Waals surface area contributed by atoms with Crippen molar-refractivity contribution in [2.45, 2.75) is 13.0 Å². The molecule has 0 aliphatic carbocycles. The zero-order valence-corrected chi connectivity index (χ0v) is 19.5. The molecule has 2 aromatic heterocycles. The number of fused-ring (bicyclic) bond motifs is 2. The van der Waals surface area contributed by atoms with Crippen LogP contribution < -0.4 is 16.4 Å². The summed E-state index contributed by atoms with van der Waals surface area (Å²) in [5.74, 6) is -0.852. The van der Waals surface area contributed by atoms with Gasteiger partial charge in [-0.1, -0.05) is 36.4 Å². The highest BCUT2D eigenvalue weighted by atomic mass is 16.6. The number of hydrogen-bond donors (Lipinski definition) is 3. The van der Waals surface area contributed by atoms with Gasteiger partial charge < -0.3 is 20.2 Å². The normalized spacial score (nSPS) is 14.2. The highest BCUT2D eigenvalue weighted by molar-refractivity contribution is 6.50. The zero-order valence-electron chi connectivity index (χ0n) is 19.5. The number of amides is 2. The number of benzene rings is 2. The molecule has 36 heavy (non-hydrogen) atoms. The molecule has 3 heterocycles. The number of nitro groups is 1. The van der Waals surface area contributed by atoms with Gasteiger partial charge in [-0.05, 0) is 18.6 Å². The SMILES string of the molecule is Cn1cc(C2=C(c3cn(CCCN/C(N)=C/[N+](=O)[O-])c4ccccc34)C(=O)NC2=O)c2ccccc21. The summed E-state index contributed by atoms with van der Waals surface area (Å²) >= 11 is 0. The molecule has 0 fully saturated rings. The van der Waals surface area contributed by atoms with Gasteiger partial charge in [-0.3, -0.25) is 25.0 Å². The van der Waals surface area contributed by atoms with E-state index in [1.807, 2.05) is 77.1 Å². The fraction of sp³-hybridized carbons (Fsp3) is 0.154. The van der Waals surface area contributed by atoms with Crippen molar-refractivity contribution >= 4 is 44.8 Å². The molecule has 2 aromatic carbocycles. The van der Waals surface area contributed by atoms with Crippen LogP contribution in [0.5, 0.6) is 0 Å². The van der Waals surface area contributed by atoms with Crippen molar-refractivity contribution in [3.05, 3.63) is 94.2 Å². The molecule has 1 aliphatic rings. The van der Waals surface area contributed by atoms with Gasteiger partial charge in [-0.25, -0.2) is 0 Å². The van der Waals surface area contributed by atoms with Crippen LogP contribution in [0, 0.1) is 10.1 Å². The molecule has 0 saturated heterocycles. The highest BCUT2D eigenvalue weighted by Crippen LogP contribution is 2.38. The van der Waals surface area contributed by atoms with Crippen molar-refractivity contribution in [3.8, 4) is 0 Å². The van der Waals surface area contributed by atoms with Crippen molar-refractivity contribution in [3.63, 3.8) is 0 Å². The molecule has 0 atom stereocenters. The fourth-order valence-electron chi connectivity index (χ4n) is 4.78. The summed E-state index contributed by atoms with van der Waals surface area (Å²) in [6.45, 7) is 1.01. The first kappa shape index (κ1) is 22.9. The predicted octanol–water partition coefficient (Wildman–Crippen LogP) is 2.71. The molecule has 0 bridgehead atoms. The molecule has 10 heteroatoms. The van der Waals surface area contributed by atoms with E-state index in [4.69, 9.17) is 5.73 Å². The first-order valence-electron chi connectivity index (χ1n) is 11.4.